The van der Waals surface area contributed by atoms with Gasteiger partial charge in [0.05, 0.1) is 11.9 Å². The van der Waals surface area contributed by atoms with Crippen LogP contribution in [0.5, 0.6) is 0 Å². The summed E-state index contributed by atoms with van der Waals surface area (Å²) in [6.45, 7) is 1.93. The van der Waals surface area contributed by atoms with Crippen molar-refractivity contribution in [3.63, 3.8) is 0 Å². The van der Waals surface area contributed by atoms with Crippen molar-refractivity contribution in [1.82, 2.24) is 4.98 Å². The van der Waals surface area contributed by atoms with Crippen molar-refractivity contribution in [3.8, 4) is 0 Å². The minimum atomic E-state index is -0.0400. The molecule has 1 heterocycles. The number of halogens is 1. The number of anilines is 1. The highest BCUT2D eigenvalue weighted by atomic mass is 79.9. The number of amides is 1. The molecule has 92 valence electrons. The summed E-state index contributed by atoms with van der Waals surface area (Å²) in [6, 6.07) is 9.36. The van der Waals surface area contributed by atoms with E-state index in [-0.39, 0.29) is 5.91 Å². The van der Waals surface area contributed by atoms with Crippen LogP contribution in [0, 0.1) is 6.92 Å². The molecule has 2 rings (SSSR count). The maximum atomic E-state index is 12.4. The zero-order valence-corrected chi connectivity index (χ0v) is 11.8. The van der Waals surface area contributed by atoms with Crippen LogP contribution < -0.4 is 4.90 Å². The van der Waals surface area contributed by atoms with Crippen molar-refractivity contribution in [2.75, 3.05) is 11.9 Å². The van der Waals surface area contributed by atoms with E-state index in [1.165, 1.54) is 0 Å². The van der Waals surface area contributed by atoms with E-state index in [9.17, 15) is 4.79 Å². The van der Waals surface area contributed by atoms with Gasteiger partial charge in [-0.05, 0) is 36.8 Å². The molecule has 3 nitrogen and oxygen atoms in total. The zero-order valence-electron chi connectivity index (χ0n) is 10.2. The first kappa shape index (κ1) is 12.8. The topological polar surface area (TPSA) is 33.2 Å². The fourth-order valence-corrected chi connectivity index (χ4v) is 2.04. The molecular formula is C14H13BrN2O. The number of aryl methyl sites for hydroxylation is 1. The van der Waals surface area contributed by atoms with Gasteiger partial charge in [0, 0.05) is 23.3 Å². The van der Waals surface area contributed by atoms with Crippen LogP contribution in [-0.2, 0) is 0 Å². The van der Waals surface area contributed by atoms with E-state index >= 15 is 0 Å². The molecule has 1 amide bonds. The third-order valence-corrected chi connectivity index (χ3v) is 3.26. The minimum absolute atomic E-state index is 0.0400. The lowest BCUT2D eigenvalue weighted by Gasteiger charge is -2.18. The Kier molecular flexibility index (Phi) is 3.77. The molecule has 0 N–H and O–H groups in total. The lowest BCUT2D eigenvalue weighted by atomic mass is 10.1. The second-order valence-electron chi connectivity index (χ2n) is 4.03. The Morgan fingerprint density at radius 3 is 2.78 bits per heavy atom. The first-order chi connectivity index (χ1) is 8.59. The first-order valence-corrected chi connectivity index (χ1v) is 6.33. The number of carbonyl (C=O) groups excluding carboxylic acids is 1. The summed E-state index contributed by atoms with van der Waals surface area (Å²) in [5.41, 5.74) is 2.43. The van der Waals surface area contributed by atoms with Gasteiger partial charge in [-0.3, -0.25) is 9.78 Å². The average Bonchev–Trinajstić information content (AvgIpc) is 2.41. The Morgan fingerprint density at radius 2 is 2.11 bits per heavy atom. The van der Waals surface area contributed by atoms with Gasteiger partial charge in [-0.25, -0.2) is 0 Å². The van der Waals surface area contributed by atoms with E-state index in [4.69, 9.17) is 0 Å². The van der Waals surface area contributed by atoms with Gasteiger partial charge in [0.15, 0.2) is 0 Å². The molecule has 1 aromatic carbocycles. The molecule has 0 bridgehead atoms. The maximum absolute atomic E-state index is 12.4. The molecule has 0 atom stereocenters. The van der Waals surface area contributed by atoms with Crippen LogP contribution in [-0.4, -0.2) is 17.9 Å². The van der Waals surface area contributed by atoms with E-state index < -0.39 is 0 Å². The van der Waals surface area contributed by atoms with Crippen molar-refractivity contribution in [2.24, 2.45) is 0 Å². The monoisotopic (exact) mass is 304 g/mol. The second kappa shape index (κ2) is 5.31. The smallest absolute Gasteiger partial charge is 0.258 e. The highest BCUT2D eigenvalue weighted by Gasteiger charge is 2.15. The van der Waals surface area contributed by atoms with E-state index in [1.54, 1.807) is 24.3 Å². The molecule has 2 aromatic rings. The molecule has 0 aliphatic heterocycles. The molecule has 0 unspecified atom stereocenters. The van der Waals surface area contributed by atoms with Crippen molar-refractivity contribution in [1.29, 1.82) is 0 Å². The summed E-state index contributed by atoms with van der Waals surface area (Å²) in [5, 5.41) is 0. The summed E-state index contributed by atoms with van der Waals surface area (Å²) in [6.07, 6.45) is 3.36. The van der Waals surface area contributed by atoms with E-state index in [0.717, 1.165) is 15.7 Å². The van der Waals surface area contributed by atoms with Crippen LogP contribution >= 0.6 is 15.9 Å². The van der Waals surface area contributed by atoms with Crippen LogP contribution in [0.2, 0.25) is 0 Å². The normalized spacial score (nSPS) is 10.2. The quantitative estimate of drug-likeness (QED) is 0.851. The van der Waals surface area contributed by atoms with Crippen molar-refractivity contribution < 1.29 is 4.79 Å². The highest BCUT2D eigenvalue weighted by Crippen LogP contribution is 2.20. The molecule has 4 heteroatoms. The number of hydrogen-bond donors (Lipinski definition) is 0. The predicted octanol–water partition coefficient (Wildman–Crippen LogP) is 3.43. The summed E-state index contributed by atoms with van der Waals surface area (Å²) >= 11 is 3.39. The maximum Gasteiger partial charge on any atom is 0.258 e. The molecule has 0 radical (unpaired) electrons. The summed E-state index contributed by atoms with van der Waals surface area (Å²) < 4.78 is 0.899. The van der Waals surface area contributed by atoms with Crippen molar-refractivity contribution in [3.05, 3.63) is 58.3 Å². The van der Waals surface area contributed by atoms with Gasteiger partial charge in [0.25, 0.3) is 5.91 Å². The number of nitrogens with zero attached hydrogens (tertiary/aromatic N) is 2. The molecule has 0 spiro atoms. The zero-order chi connectivity index (χ0) is 13.1. The summed E-state index contributed by atoms with van der Waals surface area (Å²) in [5.74, 6) is -0.0400. The van der Waals surface area contributed by atoms with E-state index in [0.29, 0.717) is 5.56 Å². The van der Waals surface area contributed by atoms with Crippen molar-refractivity contribution in [2.45, 2.75) is 6.92 Å². The van der Waals surface area contributed by atoms with Crippen LogP contribution in [0.4, 0.5) is 5.69 Å². The molecule has 0 saturated carbocycles. The first-order valence-electron chi connectivity index (χ1n) is 5.54. The SMILES string of the molecule is Cc1ccc(Br)cc1C(=O)N(C)c1cccnc1. The summed E-state index contributed by atoms with van der Waals surface area (Å²) in [7, 11) is 1.75. The highest BCUT2D eigenvalue weighted by molar-refractivity contribution is 9.10. The minimum Gasteiger partial charge on any atom is -0.310 e. The number of carbonyl (C=O) groups is 1. The third-order valence-electron chi connectivity index (χ3n) is 2.77. The Morgan fingerprint density at radius 1 is 1.33 bits per heavy atom. The Bertz CT molecular complexity index is 569. The number of pyridine rings is 1. The fraction of sp³-hybridized carbons (Fsp3) is 0.143. The van der Waals surface area contributed by atoms with Gasteiger partial charge in [0.1, 0.15) is 0 Å². The average molecular weight is 305 g/mol. The Balaban J connectivity index is 2.34. The van der Waals surface area contributed by atoms with Gasteiger partial charge >= 0.3 is 0 Å². The van der Waals surface area contributed by atoms with Gasteiger partial charge in [-0.2, -0.15) is 0 Å². The van der Waals surface area contributed by atoms with Crippen molar-refractivity contribution >= 4 is 27.5 Å². The van der Waals surface area contributed by atoms with Crippen LogP contribution in [0.25, 0.3) is 0 Å². The Hall–Kier alpha value is -1.68. The molecule has 1 aromatic heterocycles. The fourth-order valence-electron chi connectivity index (χ4n) is 1.67. The molecule has 18 heavy (non-hydrogen) atoms. The third kappa shape index (κ3) is 2.59. The molecule has 0 aliphatic rings. The number of hydrogen-bond acceptors (Lipinski definition) is 2. The predicted molar refractivity (Wildman–Crippen MR) is 75.8 cm³/mol. The van der Waals surface area contributed by atoms with Gasteiger partial charge < -0.3 is 4.90 Å². The largest absolute Gasteiger partial charge is 0.310 e. The van der Waals surface area contributed by atoms with E-state index in [1.807, 2.05) is 37.3 Å². The number of rotatable bonds is 2. The lowest BCUT2D eigenvalue weighted by Crippen LogP contribution is -2.27. The van der Waals surface area contributed by atoms with Gasteiger partial charge in [-0.1, -0.05) is 22.0 Å². The molecule has 0 aliphatic carbocycles. The lowest BCUT2D eigenvalue weighted by molar-refractivity contribution is 0.0992. The van der Waals surface area contributed by atoms with Gasteiger partial charge in [0.2, 0.25) is 0 Å². The molecule has 0 saturated heterocycles. The standard InChI is InChI=1S/C14H13BrN2O/c1-10-5-6-11(15)8-13(10)14(18)17(2)12-4-3-7-16-9-12/h3-9H,1-2H3. The number of benzene rings is 1. The van der Waals surface area contributed by atoms with Crippen LogP contribution in [0.15, 0.2) is 47.2 Å². The van der Waals surface area contributed by atoms with Crippen LogP contribution in [0.3, 0.4) is 0 Å². The summed E-state index contributed by atoms with van der Waals surface area (Å²) in [4.78, 5) is 18.0. The Labute approximate surface area is 115 Å². The molecule has 0 fully saturated rings. The number of aromatic nitrogens is 1. The van der Waals surface area contributed by atoms with Crippen LogP contribution in [0.1, 0.15) is 15.9 Å². The van der Waals surface area contributed by atoms with E-state index in [2.05, 4.69) is 20.9 Å². The second-order valence-corrected chi connectivity index (χ2v) is 4.95. The van der Waals surface area contributed by atoms with Gasteiger partial charge in [-0.15, -0.1) is 0 Å². The molecular weight excluding hydrogens is 292 g/mol.